The van der Waals surface area contributed by atoms with Crippen LogP contribution in [0.1, 0.15) is 56.2 Å². The van der Waals surface area contributed by atoms with Crippen molar-refractivity contribution in [3.8, 4) is 11.5 Å². The van der Waals surface area contributed by atoms with Gasteiger partial charge in [0.15, 0.2) is 17.9 Å². The molecule has 4 rings (SSSR count). The van der Waals surface area contributed by atoms with Crippen LogP contribution in [0.4, 0.5) is 20.2 Å². The minimum atomic E-state index is -2.97. The standard InChI is InChI=1S/C26H28F2N2O5/c1-26(2,3)35-24(31)17-6-4-7-18(12-17)30(15-21-14-29-16-32-21)19-10-11-22(34-25(27)28)23(13-19)33-20-8-5-9-20/h4,6-7,10-14,16,20,25H,5,8-9,15H2,1-3H3. The zero-order valence-electron chi connectivity index (χ0n) is 19.9. The minimum absolute atomic E-state index is 0.0298. The van der Waals surface area contributed by atoms with Gasteiger partial charge in [-0.2, -0.15) is 8.78 Å². The summed E-state index contributed by atoms with van der Waals surface area (Å²) in [6.45, 7) is 2.71. The van der Waals surface area contributed by atoms with Gasteiger partial charge in [0.05, 0.1) is 24.4 Å². The van der Waals surface area contributed by atoms with Gasteiger partial charge in [-0.3, -0.25) is 0 Å². The van der Waals surface area contributed by atoms with Crippen LogP contribution < -0.4 is 14.4 Å². The van der Waals surface area contributed by atoms with Gasteiger partial charge in [0, 0.05) is 17.4 Å². The average molecular weight is 487 g/mol. The molecule has 1 aliphatic carbocycles. The summed E-state index contributed by atoms with van der Waals surface area (Å²) in [7, 11) is 0. The molecule has 0 atom stereocenters. The molecule has 9 heteroatoms. The van der Waals surface area contributed by atoms with Gasteiger partial charge in [0.1, 0.15) is 11.4 Å². The Morgan fingerprint density at radius 2 is 1.91 bits per heavy atom. The zero-order chi connectivity index (χ0) is 25.0. The molecule has 2 aromatic carbocycles. The molecule has 0 N–H and O–H groups in total. The van der Waals surface area contributed by atoms with Gasteiger partial charge < -0.3 is 23.5 Å². The van der Waals surface area contributed by atoms with Crippen LogP contribution in [-0.2, 0) is 11.3 Å². The van der Waals surface area contributed by atoms with Crippen LogP contribution in [0, 0.1) is 0 Å². The van der Waals surface area contributed by atoms with Gasteiger partial charge in [0.25, 0.3) is 0 Å². The van der Waals surface area contributed by atoms with E-state index in [0.717, 1.165) is 19.3 Å². The molecule has 0 bridgehead atoms. The fraction of sp³-hybridized carbons (Fsp3) is 0.385. The van der Waals surface area contributed by atoms with Crippen molar-refractivity contribution >= 4 is 17.3 Å². The molecular weight excluding hydrogens is 458 g/mol. The quantitative estimate of drug-likeness (QED) is 0.320. The van der Waals surface area contributed by atoms with Gasteiger partial charge in [-0.25, -0.2) is 9.78 Å². The Kier molecular flexibility index (Phi) is 7.23. The van der Waals surface area contributed by atoms with Crippen molar-refractivity contribution < 1.29 is 32.2 Å². The fourth-order valence-corrected chi connectivity index (χ4v) is 3.56. The lowest BCUT2D eigenvalue weighted by atomic mass is 9.96. The highest BCUT2D eigenvalue weighted by molar-refractivity contribution is 5.91. The molecule has 7 nitrogen and oxygen atoms in total. The molecule has 1 aromatic heterocycles. The van der Waals surface area contributed by atoms with Crippen LogP contribution >= 0.6 is 0 Å². The number of ether oxygens (including phenoxy) is 3. The Labute approximate surface area is 202 Å². The zero-order valence-corrected chi connectivity index (χ0v) is 19.9. The number of benzene rings is 2. The number of hydrogen-bond donors (Lipinski definition) is 0. The number of carbonyl (C=O) groups excluding carboxylic acids is 1. The highest BCUT2D eigenvalue weighted by Gasteiger charge is 2.24. The number of anilines is 2. The summed E-state index contributed by atoms with van der Waals surface area (Å²) in [5, 5.41) is 0. The maximum absolute atomic E-state index is 13.0. The molecule has 3 aromatic rings. The number of nitrogens with zero attached hydrogens (tertiary/aromatic N) is 2. The molecule has 1 saturated carbocycles. The van der Waals surface area contributed by atoms with Crippen LogP contribution in [0.15, 0.2) is 59.5 Å². The van der Waals surface area contributed by atoms with Gasteiger partial charge >= 0.3 is 12.6 Å². The maximum Gasteiger partial charge on any atom is 0.387 e. The summed E-state index contributed by atoms with van der Waals surface area (Å²) in [4.78, 5) is 18.5. The molecule has 186 valence electrons. The summed E-state index contributed by atoms with van der Waals surface area (Å²) in [5.41, 5.74) is 1.05. The molecular formula is C26H28F2N2O5. The molecule has 1 heterocycles. The minimum Gasteiger partial charge on any atom is -0.486 e. The third-order valence-corrected chi connectivity index (χ3v) is 5.39. The molecule has 1 aliphatic rings. The van der Waals surface area contributed by atoms with Crippen LogP contribution in [0.5, 0.6) is 11.5 Å². The number of oxazole rings is 1. The van der Waals surface area contributed by atoms with E-state index >= 15 is 0 Å². The van der Waals surface area contributed by atoms with Crippen LogP contribution in [0.2, 0.25) is 0 Å². The Morgan fingerprint density at radius 1 is 1.14 bits per heavy atom. The van der Waals surface area contributed by atoms with Crippen LogP contribution in [-0.4, -0.2) is 29.3 Å². The monoisotopic (exact) mass is 486 g/mol. The van der Waals surface area contributed by atoms with Crippen molar-refractivity contribution in [1.82, 2.24) is 4.98 Å². The van der Waals surface area contributed by atoms with Gasteiger partial charge in [-0.05, 0) is 70.4 Å². The summed E-state index contributed by atoms with van der Waals surface area (Å²) >= 11 is 0. The lowest BCUT2D eigenvalue weighted by molar-refractivity contribution is -0.0526. The summed E-state index contributed by atoms with van der Waals surface area (Å²) in [5.74, 6) is 0.326. The van der Waals surface area contributed by atoms with E-state index in [1.165, 1.54) is 12.5 Å². The lowest BCUT2D eigenvalue weighted by Gasteiger charge is -2.29. The number of carbonyl (C=O) groups is 1. The molecule has 1 fully saturated rings. The smallest absolute Gasteiger partial charge is 0.387 e. The first-order valence-corrected chi connectivity index (χ1v) is 11.4. The summed E-state index contributed by atoms with van der Waals surface area (Å²) in [6.07, 6.45) is 5.63. The largest absolute Gasteiger partial charge is 0.486 e. The third-order valence-electron chi connectivity index (χ3n) is 5.39. The lowest BCUT2D eigenvalue weighted by Crippen LogP contribution is -2.25. The van der Waals surface area contributed by atoms with E-state index in [4.69, 9.17) is 18.6 Å². The number of hydrogen-bond acceptors (Lipinski definition) is 7. The van der Waals surface area contributed by atoms with Crippen molar-refractivity contribution in [3.05, 3.63) is 66.4 Å². The van der Waals surface area contributed by atoms with E-state index in [2.05, 4.69) is 4.98 Å². The predicted molar refractivity (Wildman–Crippen MR) is 125 cm³/mol. The Morgan fingerprint density at radius 3 is 2.54 bits per heavy atom. The van der Waals surface area contributed by atoms with E-state index in [0.29, 0.717) is 22.7 Å². The van der Waals surface area contributed by atoms with Gasteiger partial charge in [0.2, 0.25) is 0 Å². The first-order chi connectivity index (χ1) is 16.7. The fourth-order valence-electron chi connectivity index (χ4n) is 3.56. The SMILES string of the molecule is CC(C)(C)OC(=O)c1cccc(N(Cc2cnco2)c2ccc(OC(F)F)c(OC3CCC3)c2)c1. The maximum atomic E-state index is 13.0. The molecule has 0 unspecified atom stereocenters. The number of esters is 1. The number of halogens is 2. The molecule has 0 aliphatic heterocycles. The summed E-state index contributed by atoms with van der Waals surface area (Å²) < 4.78 is 47.6. The van der Waals surface area contributed by atoms with Gasteiger partial charge in [-0.1, -0.05) is 6.07 Å². The highest BCUT2D eigenvalue weighted by atomic mass is 19.3. The van der Waals surface area contributed by atoms with E-state index in [1.54, 1.807) is 57.3 Å². The number of aromatic nitrogens is 1. The molecule has 0 saturated heterocycles. The van der Waals surface area contributed by atoms with Crippen molar-refractivity contribution in [2.45, 2.75) is 64.9 Å². The molecule has 35 heavy (non-hydrogen) atoms. The van der Waals surface area contributed by atoms with E-state index in [9.17, 15) is 13.6 Å². The molecule has 0 spiro atoms. The molecule has 0 radical (unpaired) electrons. The normalized spacial score (nSPS) is 13.9. The van der Waals surface area contributed by atoms with Crippen molar-refractivity contribution in [3.63, 3.8) is 0 Å². The Bertz CT molecular complexity index is 1140. The van der Waals surface area contributed by atoms with Crippen molar-refractivity contribution in [1.29, 1.82) is 0 Å². The first-order valence-electron chi connectivity index (χ1n) is 11.4. The summed E-state index contributed by atoms with van der Waals surface area (Å²) in [6, 6.07) is 11.7. The van der Waals surface area contributed by atoms with Crippen LogP contribution in [0.3, 0.4) is 0 Å². The van der Waals surface area contributed by atoms with Crippen molar-refractivity contribution in [2.75, 3.05) is 4.90 Å². The second-order valence-electron chi connectivity index (χ2n) is 9.29. The van der Waals surface area contributed by atoms with Crippen LogP contribution in [0.25, 0.3) is 0 Å². The Hall–Kier alpha value is -3.62. The number of rotatable bonds is 9. The predicted octanol–water partition coefficient (Wildman–Crippen LogP) is 6.50. The average Bonchev–Trinajstić information content (AvgIpc) is 3.27. The number of alkyl halides is 2. The third kappa shape index (κ3) is 6.49. The highest BCUT2D eigenvalue weighted by Crippen LogP contribution is 2.39. The first kappa shape index (κ1) is 24.5. The van der Waals surface area contributed by atoms with E-state index in [1.807, 2.05) is 11.0 Å². The topological polar surface area (TPSA) is 74.0 Å². The van der Waals surface area contributed by atoms with Crippen molar-refractivity contribution in [2.24, 2.45) is 0 Å². The molecule has 0 amide bonds. The second kappa shape index (κ2) is 10.3. The van der Waals surface area contributed by atoms with E-state index < -0.39 is 18.2 Å². The van der Waals surface area contributed by atoms with E-state index in [-0.39, 0.29) is 24.1 Å². The van der Waals surface area contributed by atoms with Gasteiger partial charge in [-0.15, -0.1) is 0 Å². The second-order valence-corrected chi connectivity index (χ2v) is 9.29. The Balaban J connectivity index is 1.71.